The van der Waals surface area contributed by atoms with E-state index in [9.17, 15) is 14.4 Å². The molecule has 1 aliphatic rings. The molecule has 0 saturated heterocycles. The van der Waals surface area contributed by atoms with Crippen LogP contribution in [0, 0.1) is 0 Å². The number of benzene rings is 3. The first-order valence-corrected chi connectivity index (χ1v) is 11.6. The van der Waals surface area contributed by atoms with E-state index in [4.69, 9.17) is 9.84 Å². The fourth-order valence-corrected chi connectivity index (χ4v) is 4.49. The molecule has 1 aliphatic carbocycles. The van der Waals surface area contributed by atoms with Crippen LogP contribution in [-0.2, 0) is 9.53 Å². The second-order valence-electron chi connectivity index (χ2n) is 7.90. The minimum Gasteiger partial charge on any atom is -0.481 e. The fraction of sp³-hybridized carbons (Fsp3) is 0.192. The largest absolute Gasteiger partial charge is 0.481 e. The lowest BCUT2D eigenvalue weighted by Crippen LogP contribution is -2.25. The molecule has 0 spiro atoms. The topological polar surface area (TPSA) is 105 Å². The van der Waals surface area contributed by atoms with Crippen molar-refractivity contribution in [3.63, 3.8) is 0 Å². The molecule has 0 fully saturated rings. The first kappa shape index (κ1) is 23.5. The van der Waals surface area contributed by atoms with Gasteiger partial charge in [-0.05, 0) is 62.8 Å². The number of hydrogen-bond acceptors (Lipinski definition) is 4. The number of carbonyl (C=O) groups is 3. The van der Waals surface area contributed by atoms with Gasteiger partial charge in [0, 0.05) is 29.0 Å². The van der Waals surface area contributed by atoms with Crippen molar-refractivity contribution in [1.82, 2.24) is 5.32 Å². The third-order valence-electron chi connectivity index (χ3n) is 5.65. The predicted molar refractivity (Wildman–Crippen MR) is 132 cm³/mol. The molecule has 174 valence electrons. The van der Waals surface area contributed by atoms with Gasteiger partial charge in [0.05, 0.1) is 5.56 Å². The number of aliphatic carboxylic acids is 1. The second kappa shape index (κ2) is 10.5. The highest BCUT2D eigenvalue weighted by atomic mass is 79.9. The molecule has 0 aliphatic heterocycles. The van der Waals surface area contributed by atoms with Crippen molar-refractivity contribution in [1.29, 1.82) is 0 Å². The monoisotopic (exact) mass is 522 g/mol. The van der Waals surface area contributed by atoms with Crippen LogP contribution < -0.4 is 10.6 Å². The predicted octanol–water partition coefficient (Wildman–Crippen LogP) is 5.40. The molecule has 0 atom stereocenters. The number of carboxylic acid groups (broad SMARTS) is 1. The van der Waals surface area contributed by atoms with Gasteiger partial charge in [-0.25, -0.2) is 4.79 Å². The van der Waals surface area contributed by atoms with Crippen LogP contribution >= 0.6 is 15.9 Å². The maximum Gasteiger partial charge on any atom is 0.411 e. The van der Waals surface area contributed by atoms with Crippen molar-refractivity contribution in [3.8, 4) is 11.1 Å². The summed E-state index contributed by atoms with van der Waals surface area (Å²) in [4.78, 5) is 35.6. The van der Waals surface area contributed by atoms with Crippen molar-refractivity contribution in [2.24, 2.45) is 0 Å². The van der Waals surface area contributed by atoms with Crippen LogP contribution in [0.5, 0.6) is 0 Å². The molecule has 3 aromatic carbocycles. The summed E-state index contributed by atoms with van der Waals surface area (Å²) in [7, 11) is 0. The Morgan fingerprint density at radius 1 is 0.941 bits per heavy atom. The van der Waals surface area contributed by atoms with E-state index in [0.29, 0.717) is 22.1 Å². The zero-order valence-electron chi connectivity index (χ0n) is 18.2. The standard InChI is InChI=1S/C26H23BrN2O5/c27-23-12-11-16(14-21(23)25(32)28-13-5-10-24(30)31)29-26(33)34-15-22-19-8-3-1-6-17(19)18-7-2-4-9-20(18)22/h1-4,6-9,11-12,14,22H,5,10,13,15H2,(H,28,32)(H,29,33)(H,30,31). The van der Waals surface area contributed by atoms with Gasteiger partial charge in [0.2, 0.25) is 0 Å². The summed E-state index contributed by atoms with van der Waals surface area (Å²) in [5, 5.41) is 14.1. The summed E-state index contributed by atoms with van der Waals surface area (Å²) in [6.07, 6.45) is -0.307. The van der Waals surface area contributed by atoms with E-state index in [1.165, 1.54) is 6.07 Å². The molecule has 3 N–H and O–H groups in total. The number of amides is 2. The van der Waals surface area contributed by atoms with Gasteiger partial charge in [-0.3, -0.25) is 14.9 Å². The molecule has 2 amide bonds. The first-order valence-electron chi connectivity index (χ1n) is 10.9. The van der Waals surface area contributed by atoms with Crippen molar-refractivity contribution in [2.45, 2.75) is 18.8 Å². The van der Waals surface area contributed by atoms with Gasteiger partial charge in [-0.2, -0.15) is 0 Å². The Balaban J connectivity index is 1.38. The number of hydrogen-bond donors (Lipinski definition) is 3. The zero-order valence-corrected chi connectivity index (χ0v) is 19.8. The molecule has 3 aromatic rings. The van der Waals surface area contributed by atoms with Crippen LogP contribution in [0.2, 0.25) is 0 Å². The van der Waals surface area contributed by atoms with Crippen molar-refractivity contribution >= 4 is 39.6 Å². The lowest BCUT2D eigenvalue weighted by Gasteiger charge is -2.15. The second-order valence-corrected chi connectivity index (χ2v) is 8.75. The lowest BCUT2D eigenvalue weighted by molar-refractivity contribution is -0.137. The molecule has 4 rings (SSSR count). The Morgan fingerprint density at radius 2 is 1.59 bits per heavy atom. The van der Waals surface area contributed by atoms with Crippen LogP contribution in [0.25, 0.3) is 11.1 Å². The number of nitrogens with one attached hydrogen (secondary N) is 2. The molecule has 0 unspecified atom stereocenters. The maximum absolute atomic E-state index is 12.5. The molecule has 34 heavy (non-hydrogen) atoms. The summed E-state index contributed by atoms with van der Waals surface area (Å²) >= 11 is 3.34. The average Bonchev–Trinajstić information content (AvgIpc) is 3.15. The number of carbonyl (C=O) groups excluding carboxylic acids is 2. The minimum absolute atomic E-state index is 0.0230. The van der Waals surface area contributed by atoms with E-state index in [-0.39, 0.29) is 31.4 Å². The molecule has 0 aromatic heterocycles. The van der Waals surface area contributed by atoms with E-state index in [1.807, 2.05) is 24.3 Å². The fourth-order valence-electron chi connectivity index (χ4n) is 4.07. The van der Waals surface area contributed by atoms with E-state index in [0.717, 1.165) is 22.3 Å². The smallest absolute Gasteiger partial charge is 0.411 e. The van der Waals surface area contributed by atoms with Gasteiger partial charge in [-0.1, -0.05) is 48.5 Å². The van der Waals surface area contributed by atoms with Gasteiger partial charge in [0.25, 0.3) is 5.91 Å². The van der Waals surface area contributed by atoms with Gasteiger partial charge in [0.1, 0.15) is 6.61 Å². The number of fused-ring (bicyclic) bond motifs is 3. The Labute approximate surface area is 205 Å². The van der Waals surface area contributed by atoms with Crippen molar-refractivity contribution < 1.29 is 24.2 Å². The Hall–Kier alpha value is -3.65. The van der Waals surface area contributed by atoms with Gasteiger partial charge in [0.15, 0.2) is 0 Å². The van der Waals surface area contributed by atoms with Crippen LogP contribution in [-0.4, -0.2) is 36.2 Å². The molecule has 0 saturated carbocycles. The molecule has 0 radical (unpaired) electrons. The summed E-state index contributed by atoms with van der Waals surface area (Å²) in [6, 6.07) is 21.1. The Kier molecular flexibility index (Phi) is 7.27. The molecular formula is C26H23BrN2O5. The average molecular weight is 523 g/mol. The van der Waals surface area contributed by atoms with E-state index in [2.05, 4.69) is 50.8 Å². The highest BCUT2D eigenvalue weighted by Crippen LogP contribution is 2.44. The minimum atomic E-state index is -0.912. The molecule has 0 bridgehead atoms. The lowest BCUT2D eigenvalue weighted by atomic mass is 9.98. The first-order chi connectivity index (χ1) is 16.4. The number of ether oxygens (including phenoxy) is 1. The van der Waals surface area contributed by atoms with Crippen LogP contribution in [0.4, 0.5) is 10.5 Å². The zero-order chi connectivity index (χ0) is 24.1. The van der Waals surface area contributed by atoms with E-state index in [1.54, 1.807) is 12.1 Å². The van der Waals surface area contributed by atoms with E-state index >= 15 is 0 Å². The van der Waals surface area contributed by atoms with Crippen LogP contribution in [0.15, 0.2) is 71.2 Å². The molecule has 0 heterocycles. The van der Waals surface area contributed by atoms with Crippen LogP contribution in [0.1, 0.15) is 40.2 Å². The van der Waals surface area contributed by atoms with Gasteiger partial charge >= 0.3 is 12.1 Å². The van der Waals surface area contributed by atoms with Gasteiger partial charge < -0.3 is 15.2 Å². The van der Waals surface area contributed by atoms with Crippen molar-refractivity contribution in [2.75, 3.05) is 18.5 Å². The van der Waals surface area contributed by atoms with Crippen molar-refractivity contribution in [3.05, 3.63) is 87.9 Å². The third-order valence-corrected chi connectivity index (χ3v) is 6.35. The third kappa shape index (κ3) is 5.28. The number of carboxylic acids is 1. The van der Waals surface area contributed by atoms with E-state index < -0.39 is 12.1 Å². The summed E-state index contributed by atoms with van der Waals surface area (Å²) in [6.45, 7) is 0.426. The summed E-state index contributed by atoms with van der Waals surface area (Å²) in [5.74, 6) is -1.33. The quantitative estimate of drug-likeness (QED) is 0.343. The maximum atomic E-state index is 12.5. The normalized spacial score (nSPS) is 11.9. The summed E-state index contributed by atoms with van der Waals surface area (Å²) < 4.78 is 6.11. The van der Waals surface area contributed by atoms with Crippen LogP contribution in [0.3, 0.4) is 0 Å². The highest BCUT2D eigenvalue weighted by molar-refractivity contribution is 9.10. The Bertz CT molecular complexity index is 1200. The Morgan fingerprint density at radius 3 is 2.24 bits per heavy atom. The SMILES string of the molecule is O=C(O)CCCNC(=O)c1cc(NC(=O)OCC2c3ccccc3-c3ccccc32)ccc1Br. The number of anilines is 1. The highest BCUT2D eigenvalue weighted by Gasteiger charge is 2.29. The van der Waals surface area contributed by atoms with Gasteiger partial charge in [-0.15, -0.1) is 0 Å². The summed E-state index contributed by atoms with van der Waals surface area (Å²) in [5.41, 5.74) is 5.30. The molecule has 7 nitrogen and oxygen atoms in total. The molecular weight excluding hydrogens is 500 g/mol. The number of halogens is 1. The molecule has 8 heteroatoms. The number of rotatable bonds is 8.